The van der Waals surface area contributed by atoms with Crippen LogP contribution in [-0.2, 0) is 14.8 Å². The highest BCUT2D eigenvalue weighted by Gasteiger charge is 2.29. The zero-order valence-electron chi connectivity index (χ0n) is 17.8. The fraction of sp³-hybridized carbons (Fsp3) is 0.364. The molecule has 1 saturated heterocycles. The lowest BCUT2D eigenvalue weighted by molar-refractivity contribution is -0.120. The van der Waals surface area contributed by atoms with Crippen molar-refractivity contribution in [2.24, 2.45) is 5.92 Å². The fourth-order valence-electron chi connectivity index (χ4n) is 3.95. The molecule has 1 aliphatic carbocycles. The molecule has 0 spiro atoms. The third kappa shape index (κ3) is 5.14. The van der Waals surface area contributed by atoms with Crippen molar-refractivity contribution in [2.45, 2.75) is 36.5 Å². The van der Waals surface area contributed by atoms with Gasteiger partial charge >= 0.3 is 0 Å². The summed E-state index contributed by atoms with van der Waals surface area (Å²) < 4.78 is 27.4. The van der Waals surface area contributed by atoms with Crippen LogP contribution in [0.5, 0.6) is 0 Å². The fourth-order valence-corrected chi connectivity index (χ4v) is 5.73. The van der Waals surface area contributed by atoms with Gasteiger partial charge in [0.2, 0.25) is 5.91 Å². The number of benzene rings is 1. The van der Waals surface area contributed by atoms with Gasteiger partial charge in [0.1, 0.15) is 12.1 Å². The van der Waals surface area contributed by atoms with E-state index in [9.17, 15) is 13.2 Å². The van der Waals surface area contributed by atoms with E-state index < -0.39 is 10.0 Å². The lowest BCUT2D eigenvalue weighted by Crippen LogP contribution is -2.41. The zero-order chi connectivity index (χ0) is 22.8. The molecule has 1 amide bonds. The molecule has 1 aliphatic heterocycles. The summed E-state index contributed by atoms with van der Waals surface area (Å²) in [5, 5.41) is 4.93. The van der Waals surface area contributed by atoms with E-state index in [0.29, 0.717) is 23.3 Å². The maximum Gasteiger partial charge on any atom is 0.263 e. The zero-order valence-corrected chi connectivity index (χ0v) is 19.5. The van der Waals surface area contributed by atoms with Crippen molar-refractivity contribution in [2.75, 3.05) is 28.0 Å². The van der Waals surface area contributed by atoms with Crippen LogP contribution in [0.25, 0.3) is 0 Å². The number of nitrogens with one attached hydrogen (secondary N) is 2. The van der Waals surface area contributed by atoms with Gasteiger partial charge in [-0.2, -0.15) is 0 Å². The van der Waals surface area contributed by atoms with Crippen LogP contribution in [0, 0.1) is 5.92 Å². The predicted molar refractivity (Wildman–Crippen MR) is 127 cm³/mol. The first-order valence-electron chi connectivity index (χ1n) is 10.9. The van der Waals surface area contributed by atoms with Gasteiger partial charge in [-0.3, -0.25) is 9.52 Å². The molecule has 2 aromatic heterocycles. The van der Waals surface area contributed by atoms with Crippen LogP contribution in [-0.4, -0.2) is 42.4 Å². The normalized spacial score (nSPS) is 18.7. The lowest BCUT2D eigenvalue weighted by atomic mass is 9.97. The number of rotatable bonds is 7. The number of amides is 1. The molecule has 172 valence electrons. The molecule has 0 radical (unpaired) electrons. The minimum Gasteiger partial charge on any atom is -0.356 e. The van der Waals surface area contributed by atoms with Crippen LogP contribution >= 0.6 is 11.3 Å². The highest BCUT2D eigenvalue weighted by atomic mass is 32.2. The summed E-state index contributed by atoms with van der Waals surface area (Å²) in [6, 6.07) is 8.19. The average molecular weight is 485 g/mol. The standard InChI is InChI=1S/C22H24N6O3S2/c29-21(16-2-1-10-28(13-16)20-12-19(15-3-4-15)24-14-25-20)26-17-5-7-18(8-6-17)33(30,31)27-22-23-9-11-32-22/h5-9,11-12,14-16H,1-4,10,13H2,(H,23,27)(H,26,29). The van der Waals surface area contributed by atoms with Gasteiger partial charge in [0.15, 0.2) is 5.13 Å². The van der Waals surface area contributed by atoms with Crippen LogP contribution in [0.15, 0.2) is 53.1 Å². The number of carbonyl (C=O) groups excluding carboxylic acids is 1. The monoisotopic (exact) mass is 484 g/mol. The molecule has 11 heteroatoms. The lowest BCUT2D eigenvalue weighted by Gasteiger charge is -2.33. The topological polar surface area (TPSA) is 117 Å². The first kappa shape index (κ1) is 21.8. The third-order valence-electron chi connectivity index (χ3n) is 5.87. The number of hydrogen-bond acceptors (Lipinski definition) is 8. The number of piperidine rings is 1. The molecule has 5 rings (SSSR count). The molecular weight excluding hydrogens is 460 g/mol. The van der Waals surface area contributed by atoms with Crippen LogP contribution < -0.4 is 14.9 Å². The van der Waals surface area contributed by atoms with Crippen LogP contribution in [0.4, 0.5) is 16.6 Å². The second-order valence-corrected chi connectivity index (χ2v) is 10.9. The van der Waals surface area contributed by atoms with Crippen LogP contribution in [0.1, 0.15) is 37.3 Å². The Morgan fingerprint density at radius 3 is 2.64 bits per heavy atom. The molecule has 2 N–H and O–H groups in total. The molecule has 2 fully saturated rings. The summed E-state index contributed by atoms with van der Waals surface area (Å²) in [4.78, 5) is 27.9. The van der Waals surface area contributed by atoms with E-state index in [-0.39, 0.29) is 16.7 Å². The Kier molecular flexibility index (Phi) is 5.98. The number of hydrogen-bond donors (Lipinski definition) is 2. The first-order valence-corrected chi connectivity index (χ1v) is 13.2. The minimum absolute atomic E-state index is 0.0762. The van der Waals surface area contributed by atoms with Gasteiger partial charge in [0, 0.05) is 48.0 Å². The Morgan fingerprint density at radius 2 is 1.91 bits per heavy atom. The van der Waals surface area contributed by atoms with Gasteiger partial charge in [0.05, 0.1) is 10.8 Å². The molecule has 0 bridgehead atoms. The summed E-state index contributed by atoms with van der Waals surface area (Å²) in [6.45, 7) is 1.46. The predicted octanol–water partition coefficient (Wildman–Crippen LogP) is 3.47. The summed E-state index contributed by atoms with van der Waals surface area (Å²) in [5.74, 6) is 1.19. The Balaban J connectivity index is 1.21. The van der Waals surface area contributed by atoms with Crippen molar-refractivity contribution in [1.29, 1.82) is 0 Å². The van der Waals surface area contributed by atoms with E-state index in [0.717, 1.165) is 30.9 Å². The van der Waals surface area contributed by atoms with Crippen molar-refractivity contribution < 1.29 is 13.2 Å². The Labute approximate surface area is 196 Å². The number of anilines is 3. The van der Waals surface area contributed by atoms with Crippen molar-refractivity contribution in [3.63, 3.8) is 0 Å². The van der Waals surface area contributed by atoms with E-state index in [1.807, 2.05) is 0 Å². The second kappa shape index (κ2) is 9.06. The quantitative estimate of drug-likeness (QED) is 0.527. The highest BCUT2D eigenvalue weighted by molar-refractivity contribution is 7.93. The molecule has 1 unspecified atom stereocenters. The maximum absolute atomic E-state index is 12.9. The molecule has 1 saturated carbocycles. The minimum atomic E-state index is -3.73. The molecule has 3 heterocycles. The Morgan fingerprint density at radius 1 is 1.09 bits per heavy atom. The number of sulfonamides is 1. The Hall–Kier alpha value is -3.05. The third-order valence-corrected chi connectivity index (χ3v) is 8.04. The van der Waals surface area contributed by atoms with Gasteiger partial charge in [-0.15, -0.1) is 11.3 Å². The number of nitrogens with zero attached hydrogens (tertiary/aromatic N) is 4. The number of aromatic nitrogens is 3. The summed E-state index contributed by atoms with van der Waals surface area (Å²) in [5.41, 5.74) is 1.65. The molecule has 1 atom stereocenters. The maximum atomic E-state index is 12.9. The van der Waals surface area contributed by atoms with Gasteiger partial charge < -0.3 is 10.2 Å². The van der Waals surface area contributed by atoms with E-state index in [1.165, 1.54) is 42.5 Å². The highest BCUT2D eigenvalue weighted by Crippen LogP contribution is 2.39. The van der Waals surface area contributed by atoms with Gasteiger partial charge in [0.25, 0.3) is 10.0 Å². The summed E-state index contributed by atoms with van der Waals surface area (Å²) >= 11 is 1.21. The van der Waals surface area contributed by atoms with Crippen LogP contribution in [0.3, 0.4) is 0 Å². The molecule has 9 nitrogen and oxygen atoms in total. The molecule has 33 heavy (non-hydrogen) atoms. The molecule has 2 aliphatic rings. The van der Waals surface area contributed by atoms with E-state index in [1.54, 1.807) is 23.8 Å². The Bertz CT molecular complexity index is 1230. The molecule has 1 aromatic carbocycles. The first-order chi connectivity index (χ1) is 16.0. The average Bonchev–Trinajstić information content (AvgIpc) is 3.57. The van der Waals surface area contributed by atoms with Crippen molar-refractivity contribution in [3.8, 4) is 0 Å². The van der Waals surface area contributed by atoms with E-state index >= 15 is 0 Å². The largest absolute Gasteiger partial charge is 0.356 e. The molecular formula is C22H24N6O3S2. The SMILES string of the molecule is O=C(Nc1ccc(S(=O)(=O)Nc2nccs2)cc1)C1CCCN(c2cc(C3CC3)ncn2)C1. The van der Waals surface area contributed by atoms with Crippen molar-refractivity contribution in [1.82, 2.24) is 15.0 Å². The number of carbonyl (C=O) groups is 1. The van der Waals surface area contributed by atoms with Gasteiger partial charge in [-0.05, 0) is 49.9 Å². The van der Waals surface area contributed by atoms with Crippen molar-refractivity contribution >= 4 is 43.9 Å². The summed E-state index contributed by atoms with van der Waals surface area (Å²) in [7, 11) is -3.73. The molecule has 3 aromatic rings. The number of thiazole rings is 1. The smallest absolute Gasteiger partial charge is 0.263 e. The van der Waals surface area contributed by atoms with E-state index in [2.05, 4.69) is 36.0 Å². The second-order valence-electron chi connectivity index (χ2n) is 8.32. The van der Waals surface area contributed by atoms with E-state index in [4.69, 9.17) is 0 Å². The summed E-state index contributed by atoms with van der Waals surface area (Å²) in [6.07, 6.45) is 7.22. The van der Waals surface area contributed by atoms with Gasteiger partial charge in [-0.25, -0.2) is 23.4 Å². The van der Waals surface area contributed by atoms with Crippen LogP contribution in [0.2, 0.25) is 0 Å². The van der Waals surface area contributed by atoms with Gasteiger partial charge in [-0.1, -0.05) is 0 Å². The van der Waals surface area contributed by atoms with Crippen molar-refractivity contribution in [3.05, 3.63) is 53.9 Å².